The lowest BCUT2D eigenvalue weighted by atomic mass is 10.0. The number of amides is 1. The summed E-state index contributed by atoms with van der Waals surface area (Å²) in [4.78, 5) is 32.1. The van der Waals surface area contributed by atoms with Gasteiger partial charge in [-0.25, -0.2) is 9.78 Å². The standard InChI is InChI=1S/C23H19N3O4/c1-13-10-20(30-2)17(23(28)29)12-16(13)22(27)24-15-7-5-6-14(11-15)21-25-18-8-3-4-9-19(18)26-21/h3-12H,1-2H3,(H,24,27)(H,25,26)(H,28,29). The van der Waals surface area contributed by atoms with Crippen LogP contribution in [0.4, 0.5) is 5.69 Å². The van der Waals surface area contributed by atoms with E-state index in [1.807, 2.05) is 42.5 Å². The van der Waals surface area contributed by atoms with Crippen LogP contribution >= 0.6 is 0 Å². The maximum Gasteiger partial charge on any atom is 0.339 e. The average Bonchev–Trinajstić information content (AvgIpc) is 3.17. The highest BCUT2D eigenvalue weighted by atomic mass is 16.5. The lowest BCUT2D eigenvalue weighted by Crippen LogP contribution is -2.15. The number of methoxy groups -OCH3 is 1. The lowest BCUT2D eigenvalue weighted by molar-refractivity contribution is 0.0693. The van der Waals surface area contributed by atoms with Crippen molar-refractivity contribution in [2.75, 3.05) is 12.4 Å². The fraction of sp³-hybridized carbons (Fsp3) is 0.0870. The smallest absolute Gasteiger partial charge is 0.339 e. The zero-order valence-corrected chi connectivity index (χ0v) is 16.4. The fourth-order valence-corrected chi connectivity index (χ4v) is 3.29. The number of para-hydroxylation sites is 2. The monoisotopic (exact) mass is 401 g/mol. The van der Waals surface area contributed by atoms with E-state index in [-0.39, 0.29) is 16.9 Å². The Balaban J connectivity index is 1.63. The number of nitrogens with one attached hydrogen (secondary N) is 2. The van der Waals surface area contributed by atoms with Gasteiger partial charge in [-0.05, 0) is 48.9 Å². The number of H-pyrrole nitrogens is 1. The van der Waals surface area contributed by atoms with Crippen LogP contribution in [0.3, 0.4) is 0 Å². The molecule has 0 saturated heterocycles. The molecule has 30 heavy (non-hydrogen) atoms. The van der Waals surface area contributed by atoms with Crippen molar-refractivity contribution < 1.29 is 19.4 Å². The molecule has 4 rings (SSSR count). The minimum atomic E-state index is -1.16. The predicted molar refractivity (Wildman–Crippen MR) is 114 cm³/mol. The number of fused-ring (bicyclic) bond motifs is 1. The van der Waals surface area contributed by atoms with E-state index in [0.717, 1.165) is 16.6 Å². The molecule has 0 fully saturated rings. The quantitative estimate of drug-likeness (QED) is 0.457. The summed E-state index contributed by atoms with van der Waals surface area (Å²) in [7, 11) is 1.39. The predicted octanol–water partition coefficient (Wildman–Crippen LogP) is 4.50. The molecule has 0 aliphatic carbocycles. The number of hydrogen-bond donors (Lipinski definition) is 3. The van der Waals surface area contributed by atoms with Crippen molar-refractivity contribution in [3.8, 4) is 17.1 Å². The van der Waals surface area contributed by atoms with Crippen LogP contribution in [0.25, 0.3) is 22.4 Å². The number of aryl methyl sites for hydroxylation is 1. The highest BCUT2D eigenvalue weighted by Gasteiger charge is 2.18. The molecule has 1 aromatic heterocycles. The van der Waals surface area contributed by atoms with E-state index in [9.17, 15) is 14.7 Å². The third kappa shape index (κ3) is 3.60. The van der Waals surface area contributed by atoms with Crippen molar-refractivity contribution in [2.24, 2.45) is 0 Å². The molecule has 0 spiro atoms. The van der Waals surface area contributed by atoms with E-state index in [4.69, 9.17) is 4.74 Å². The number of anilines is 1. The van der Waals surface area contributed by atoms with Gasteiger partial charge in [0, 0.05) is 16.8 Å². The number of carboxylic acid groups (broad SMARTS) is 1. The molecule has 0 bridgehead atoms. The molecule has 1 heterocycles. The molecular weight excluding hydrogens is 382 g/mol. The fourth-order valence-electron chi connectivity index (χ4n) is 3.29. The van der Waals surface area contributed by atoms with Crippen molar-refractivity contribution in [3.05, 3.63) is 77.4 Å². The second kappa shape index (κ2) is 7.71. The maximum absolute atomic E-state index is 12.8. The van der Waals surface area contributed by atoms with Crippen LogP contribution in [0.2, 0.25) is 0 Å². The maximum atomic E-state index is 12.8. The third-order valence-electron chi connectivity index (χ3n) is 4.80. The van der Waals surface area contributed by atoms with Gasteiger partial charge >= 0.3 is 5.97 Å². The molecule has 4 aromatic rings. The summed E-state index contributed by atoms with van der Waals surface area (Å²) in [6.45, 7) is 1.73. The van der Waals surface area contributed by atoms with E-state index in [2.05, 4.69) is 15.3 Å². The molecular formula is C23H19N3O4. The van der Waals surface area contributed by atoms with Crippen LogP contribution in [0.15, 0.2) is 60.7 Å². The van der Waals surface area contributed by atoms with Crippen molar-refractivity contribution in [3.63, 3.8) is 0 Å². The van der Waals surface area contributed by atoms with Gasteiger partial charge in [-0.2, -0.15) is 0 Å². The van der Waals surface area contributed by atoms with Gasteiger partial charge in [0.25, 0.3) is 5.91 Å². The Hall–Kier alpha value is -4.13. The Morgan fingerprint density at radius 1 is 1.03 bits per heavy atom. The molecule has 0 radical (unpaired) electrons. The Bertz CT molecular complexity index is 1240. The van der Waals surface area contributed by atoms with Gasteiger partial charge in [0.05, 0.1) is 18.1 Å². The summed E-state index contributed by atoms with van der Waals surface area (Å²) in [5.74, 6) is -0.656. The number of imidazole rings is 1. The number of carbonyl (C=O) groups is 2. The van der Waals surface area contributed by atoms with Crippen LogP contribution in [0.1, 0.15) is 26.3 Å². The summed E-state index contributed by atoms with van der Waals surface area (Å²) in [6, 6.07) is 17.9. The molecule has 3 N–H and O–H groups in total. The largest absolute Gasteiger partial charge is 0.496 e. The molecule has 7 nitrogen and oxygen atoms in total. The second-order valence-electron chi connectivity index (χ2n) is 6.81. The molecule has 0 saturated carbocycles. The number of aromatic nitrogens is 2. The molecule has 150 valence electrons. The first-order valence-electron chi connectivity index (χ1n) is 9.24. The molecule has 3 aromatic carbocycles. The number of aromatic amines is 1. The first-order valence-corrected chi connectivity index (χ1v) is 9.24. The van der Waals surface area contributed by atoms with E-state index in [0.29, 0.717) is 17.1 Å². The minimum Gasteiger partial charge on any atom is -0.496 e. The highest BCUT2D eigenvalue weighted by molar-refractivity contribution is 6.07. The number of carbonyl (C=O) groups excluding carboxylic acids is 1. The van der Waals surface area contributed by atoms with Gasteiger partial charge in [-0.3, -0.25) is 4.79 Å². The molecule has 0 aliphatic heterocycles. The minimum absolute atomic E-state index is 0.0655. The van der Waals surface area contributed by atoms with E-state index >= 15 is 0 Å². The van der Waals surface area contributed by atoms with Gasteiger partial charge in [0.2, 0.25) is 0 Å². The topological polar surface area (TPSA) is 104 Å². The van der Waals surface area contributed by atoms with Gasteiger partial charge < -0.3 is 20.1 Å². The van der Waals surface area contributed by atoms with Crippen molar-refractivity contribution in [1.29, 1.82) is 0 Å². The lowest BCUT2D eigenvalue weighted by Gasteiger charge is -2.12. The van der Waals surface area contributed by atoms with Gasteiger partial charge in [0.1, 0.15) is 17.1 Å². The Morgan fingerprint density at radius 3 is 2.57 bits per heavy atom. The third-order valence-corrected chi connectivity index (χ3v) is 4.80. The van der Waals surface area contributed by atoms with E-state index in [1.54, 1.807) is 19.1 Å². The number of nitrogens with zero attached hydrogens (tertiary/aromatic N) is 1. The number of carboxylic acids is 1. The van der Waals surface area contributed by atoms with Crippen LogP contribution in [0.5, 0.6) is 5.75 Å². The summed E-state index contributed by atoms with van der Waals surface area (Å²) in [5.41, 5.74) is 4.00. The first-order chi connectivity index (χ1) is 14.5. The van der Waals surface area contributed by atoms with E-state index < -0.39 is 11.9 Å². The average molecular weight is 401 g/mol. The molecule has 7 heteroatoms. The number of aromatic carboxylic acids is 1. The zero-order valence-electron chi connectivity index (χ0n) is 16.4. The summed E-state index contributed by atoms with van der Waals surface area (Å²) >= 11 is 0. The Morgan fingerprint density at radius 2 is 1.83 bits per heavy atom. The molecule has 1 amide bonds. The van der Waals surface area contributed by atoms with Crippen molar-refractivity contribution >= 4 is 28.6 Å². The van der Waals surface area contributed by atoms with Gasteiger partial charge in [-0.1, -0.05) is 24.3 Å². The van der Waals surface area contributed by atoms with E-state index in [1.165, 1.54) is 13.2 Å². The van der Waals surface area contributed by atoms with Gasteiger partial charge in [-0.15, -0.1) is 0 Å². The second-order valence-corrected chi connectivity index (χ2v) is 6.81. The number of hydrogen-bond acceptors (Lipinski definition) is 4. The van der Waals surface area contributed by atoms with Crippen LogP contribution < -0.4 is 10.1 Å². The van der Waals surface area contributed by atoms with Gasteiger partial charge in [0.15, 0.2) is 0 Å². The first kappa shape index (κ1) is 19.2. The summed E-state index contributed by atoms with van der Waals surface area (Å²) in [6.07, 6.45) is 0. The van der Waals surface area contributed by atoms with Crippen LogP contribution in [0, 0.1) is 6.92 Å². The molecule has 0 unspecified atom stereocenters. The molecule has 0 atom stereocenters. The zero-order chi connectivity index (χ0) is 21.3. The number of ether oxygens (including phenoxy) is 1. The van der Waals surface area contributed by atoms with Crippen LogP contribution in [-0.4, -0.2) is 34.1 Å². The SMILES string of the molecule is COc1cc(C)c(C(=O)Nc2cccc(-c3nc4ccccc4[nH]3)c2)cc1C(=O)O. The van der Waals surface area contributed by atoms with Crippen molar-refractivity contribution in [2.45, 2.75) is 6.92 Å². The summed E-state index contributed by atoms with van der Waals surface area (Å²) in [5, 5.41) is 12.2. The number of rotatable bonds is 5. The normalized spacial score (nSPS) is 10.7. The Labute approximate surface area is 172 Å². The van der Waals surface area contributed by atoms with Crippen LogP contribution in [-0.2, 0) is 0 Å². The summed E-state index contributed by atoms with van der Waals surface area (Å²) < 4.78 is 5.11. The Kier molecular flexibility index (Phi) is 4.93. The molecule has 0 aliphatic rings. The van der Waals surface area contributed by atoms with Crippen molar-refractivity contribution in [1.82, 2.24) is 9.97 Å². The number of benzene rings is 3. The highest BCUT2D eigenvalue weighted by Crippen LogP contribution is 2.26.